The Morgan fingerprint density at radius 2 is 0.875 bits per heavy atom. The molecule has 0 bridgehead atoms. The second-order valence-corrected chi connectivity index (χ2v) is 19.2. The summed E-state index contributed by atoms with van der Waals surface area (Å²) < 4.78 is 0. The SMILES string of the molecule is CC(C)(C)c1ccc2c(c1)C1(c3ccccc3-c3ccc(-c4cccc(-c5ccc6c(c5)-c5cccc7cccc(c57)S6)c4)cc31)c1cc(C(C)(C)C)ccc1-2. The van der Waals surface area contributed by atoms with E-state index in [1.807, 2.05) is 11.8 Å². The fourth-order valence-corrected chi connectivity index (χ4v) is 11.0. The summed E-state index contributed by atoms with van der Waals surface area (Å²) in [6.45, 7) is 14.0. The highest BCUT2D eigenvalue weighted by atomic mass is 32.2. The van der Waals surface area contributed by atoms with Gasteiger partial charge in [0.2, 0.25) is 0 Å². The van der Waals surface area contributed by atoms with Gasteiger partial charge in [-0.1, -0.05) is 181 Å². The van der Waals surface area contributed by atoms with Gasteiger partial charge in [0.05, 0.1) is 5.41 Å². The molecule has 0 fully saturated rings. The Kier molecular flexibility index (Phi) is 7.04. The van der Waals surface area contributed by atoms with Crippen LogP contribution in [0.15, 0.2) is 168 Å². The molecular formula is C55H44S. The highest BCUT2D eigenvalue weighted by Gasteiger charge is 2.52. The monoisotopic (exact) mass is 736 g/mol. The molecular weight excluding hydrogens is 693 g/mol. The van der Waals surface area contributed by atoms with Crippen molar-refractivity contribution in [1.29, 1.82) is 0 Å². The quantitative estimate of drug-likeness (QED) is 0.170. The molecule has 0 atom stereocenters. The smallest absolute Gasteiger partial charge is 0.0725 e. The van der Waals surface area contributed by atoms with Gasteiger partial charge >= 0.3 is 0 Å². The van der Waals surface area contributed by atoms with Crippen molar-refractivity contribution >= 4 is 22.5 Å². The van der Waals surface area contributed by atoms with E-state index in [2.05, 4.69) is 199 Å². The van der Waals surface area contributed by atoms with Crippen LogP contribution in [0.4, 0.5) is 0 Å². The van der Waals surface area contributed by atoms with Gasteiger partial charge in [0, 0.05) is 15.2 Å². The summed E-state index contributed by atoms with van der Waals surface area (Å²) in [5, 5.41) is 2.67. The second kappa shape index (κ2) is 11.7. The molecule has 0 amide bonds. The molecule has 0 unspecified atom stereocenters. The van der Waals surface area contributed by atoms with Crippen molar-refractivity contribution in [3.05, 3.63) is 191 Å². The normalized spacial score (nSPS) is 14.3. The number of hydrogen-bond acceptors (Lipinski definition) is 1. The molecule has 1 aliphatic heterocycles. The third kappa shape index (κ3) is 4.74. The largest absolute Gasteiger partial charge is 0.0888 e. The Hall–Kier alpha value is -5.63. The first-order chi connectivity index (χ1) is 27.0. The Bertz CT molecular complexity index is 2890. The predicted molar refractivity (Wildman–Crippen MR) is 238 cm³/mol. The van der Waals surface area contributed by atoms with E-state index in [0.717, 1.165) is 0 Å². The summed E-state index contributed by atoms with van der Waals surface area (Å²) in [6.07, 6.45) is 0. The van der Waals surface area contributed by atoms with Crippen LogP contribution in [0.5, 0.6) is 0 Å². The lowest BCUT2D eigenvalue weighted by Crippen LogP contribution is -2.27. The van der Waals surface area contributed by atoms with Gasteiger partial charge < -0.3 is 0 Å². The minimum atomic E-state index is -0.416. The van der Waals surface area contributed by atoms with Gasteiger partial charge in [-0.15, -0.1) is 0 Å². The van der Waals surface area contributed by atoms with E-state index in [9.17, 15) is 0 Å². The van der Waals surface area contributed by atoms with E-state index in [-0.39, 0.29) is 10.8 Å². The summed E-state index contributed by atoms with van der Waals surface area (Å²) in [5.41, 5.74) is 21.0. The minimum Gasteiger partial charge on any atom is -0.0888 e. The molecule has 2 aliphatic carbocycles. The third-order valence-electron chi connectivity index (χ3n) is 12.8. The first-order valence-corrected chi connectivity index (χ1v) is 20.8. The Labute approximate surface area is 335 Å². The van der Waals surface area contributed by atoms with E-state index < -0.39 is 5.41 Å². The van der Waals surface area contributed by atoms with Gasteiger partial charge in [-0.25, -0.2) is 0 Å². The standard InChI is InChI=1S/C55H44S/c1-53(2,3)38-22-25-42-43-26-23-39(54(4,5)6)32-49(43)55(48(42)31-38)46-18-8-7-16-40(46)41-24-20-37(30-47(41)55)35-15-9-14-34(28-35)36-21-27-50-45(29-36)44-17-10-12-33-13-11-19-51(56-50)52(33)44/h7-32H,1-6H3. The van der Waals surface area contributed by atoms with E-state index in [1.54, 1.807) is 0 Å². The average molecular weight is 737 g/mol. The van der Waals surface area contributed by atoms with Crippen LogP contribution in [-0.4, -0.2) is 0 Å². The van der Waals surface area contributed by atoms with Gasteiger partial charge in [0.15, 0.2) is 0 Å². The molecule has 11 rings (SSSR count). The lowest BCUT2D eigenvalue weighted by atomic mass is 9.68. The zero-order chi connectivity index (χ0) is 38.1. The summed E-state index contributed by atoms with van der Waals surface area (Å²) in [5.74, 6) is 0. The molecule has 1 heterocycles. The third-order valence-corrected chi connectivity index (χ3v) is 13.9. The molecule has 3 aliphatic rings. The van der Waals surface area contributed by atoms with Gasteiger partial charge in [-0.3, -0.25) is 0 Å². The van der Waals surface area contributed by atoms with E-state index in [1.165, 1.54) is 110 Å². The Balaban J connectivity index is 1.10. The number of rotatable bonds is 2. The topological polar surface area (TPSA) is 0 Å². The van der Waals surface area contributed by atoms with Crippen LogP contribution in [0.1, 0.15) is 74.9 Å². The average Bonchev–Trinajstić information content (AvgIpc) is 3.66. The molecule has 0 nitrogen and oxygen atoms in total. The second-order valence-electron chi connectivity index (χ2n) is 18.1. The molecule has 270 valence electrons. The molecule has 0 saturated carbocycles. The van der Waals surface area contributed by atoms with Gasteiger partial charge in [-0.05, 0) is 136 Å². The lowest BCUT2D eigenvalue weighted by molar-refractivity contribution is 0.586. The maximum atomic E-state index is 2.54. The molecule has 56 heavy (non-hydrogen) atoms. The van der Waals surface area contributed by atoms with Crippen molar-refractivity contribution in [3.8, 4) is 55.6 Å². The first kappa shape index (κ1) is 33.7. The fraction of sp³-hybridized carbons (Fsp3) is 0.164. The van der Waals surface area contributed by atoms with Gasteiger partial charge in [0.1, 0.15) is 0 Å². The van der Waals surface area contributed by atoms with Crippen molar-refractivity contribution in [2.24, 2.45) is 0 Å². The van der Waals surface area contributed by atoms with Crippen LogP contribution >= 0.6 is 11.8 Å². The lowest BCUT2D eigenvalue weighted by Gasteiger charge is -2.33. The van der Waals surface area contributed by atoms with Crippen molar-refractivity contribution in [2.75, 3.05) is 0 Å². The molecule has 0 N–H and O–H groups in total. The van der Waals surface area contributed by atoms with Crippen LogP contribution in [-0.2, 0) is 16.2 Å². The number of fused-ring (bicyclic) bond motifs is 12. The molecule has 0 radical (unpaired) electrons. The highest BCUT2D eigenvalue weighted by Crippen LogP contribution is 2.64. The van der Waals surface area contributed by atoms with Crippen molar-refractivity contribution in [2.45, 2.75) is 67.6 Å². The van der Waals surface area contributed by atoms with Crippen molar-refractivity contribution in [1.82, 2.24) is 0 Å². The number of hydrogen-bond donors (Lipinski definition) is 0. The van der Waals surface area contributed by atoms with Crippen LogP contribution < -0.4 is 0 Å². The van der Waals surface area contributed by atoms with Gasteiger partial charge in [0.25, 0.3) is 0 Å². The molecule has 8 aromatic rings. The Morgan fingerprint density at radius 1 is 0.357 bits per heavy atom. The number of benzene rings is 8. The van der Waals surface area contributed by atoms with Crippen LogP contribution in [0.25, 0.3) is 66.4 Å². The zero-order valence-electron chi connectivity index (χ0n) is 32.9. The Morgan fingerprint density at radius 3 is 1.55 bits per heavy atom. The summed E-state index contributed by atoms with van der Waals surface area (Å²) in [7, 11) is 0. The van der Waals surface area contributed by atoms with E-state index in [4.69, 9.17) is 0 Å². The summed E-state index contributed by atoms with van der Waals surface area (Å²) >= 11 is 1.89. The predicted octanol–water partition coefficient (Wildman–Crippen LogP) is 15.2. The van der Waals surface area contributed by atoms with Crippen molar-refractivity contribution < 1.29 is 0 Å². The molecule has 8 aromatic carbocycles. The van der Waals surface area contributed by atoms with Crippen LogP contribution in [0, 0.1) is 0 Å². The van der Waals surface area contributed by atoms with E-state index in [0.29, 0.717) is 0 Å². The fourth-order valence-electron chi connectivity index (χ4n) is 9.92. The minimum absolute atomic E-state index is 0.0239. The highest BCUT2D eigenvalue weighted by molar-refractivity contribution is 7.99. The van der Waals surface area contributed by atoms with Crippen LogP contribution in [0.3, 0.4) is 0 Å². The van der Waals surface area contributed by atoms with Crippen LogP contribution in [0.2, 0.25) is 0 Å². The summed E-state index contributed by atoms with van der Waals surface area (Å²) in [4.78, 5) is 2.66. The maximum Gasteiger partial charge on any atom is 0.0725 e. The van der Waals surface area contributed by atoms with Gasteiger partial charge in [-0.2, -0.15) is 0 Å². The molecule has 0 aromatic heterocycles. The van der Waals surface area contributed by atoms with Crippen molar-refractivity contribution in [3.63, 3.8) is 0 Å². The summed E-state index contributed by atoms with van der Waals surface area (Å²) in [6, 6.07) is 60.7. The molecule has 0 saturated heterocycles. The molecule has 1 spiro atoms. The first-order valence-electron chi connectivity index (χ1n) is 20.0. The van der Waals surface area contributed by atoms with E-state index >= 15 is 0 Å². The zero-order valence-corrected chi connectivity index (χ0v) is 33.7. The maximum absolute atomic E-state index is 2.54. The molecule has 1 heteroatoms.